The van der Waals surface area contributed by atoms with Crippen LogP contribution in [0.4, 0.5) is 13.2 Å². The molecule has 1 aromatic heterocycles. The van der Waals surface area contributed by atoms with Crippen molar-refractivity contribution in [1.82, 2.24) is 9.88 Å². The Morgan fingerprint density at radius 2 is 1.88 bits per heavy atom. The second-order valence-electron chi connectivity index (χ2n) is 5.19. The van der Waals surface area contributed by atoms with Gasteiger partial charge in [0.25, 0.3) is 11.7 Å². The Balaban J connectivity index is 3.17. The van der Waals surface area contributed by atoms with E-state index in [4.69, 9.17) is 16.7 Å². The van der Waals surface area contributed by atoms with E-state index in [-0.39, 0.29) is 34.8 Å². The number of hydrogen-bond donors (Lipinski definition) is 2. The highest BCUT2D eigenvalue weighted by atomic mass is 35.5. The lowest BCUT2D eigenvalue weighted by atomic mass is 10.1. The second kappa shape index (κ2) is 7.25. The van der Waals surface area contributed by atoms with E-state index in [9.17, 15) is 27.6 Å². The van der Waals surface area contributed by atoms with Gasteiger partial charge in [0.15, 0.2) is 0 Å². The number of Topliss-reactive ketones (excluding diaryl/α,β-unsaturated/α-hetero) is 1. The first-order chi connectivity index (χ1) is 10.9. The molecule has 1 unspecified atom stereocenters. The van der Waals surface area contributed by atoms with Gasteiger partial charge in [-0.3, -0.25) is 9.59 Å². The predicted molar refractivity (Wildman–Crippen MR) is 79.3 cm³/mol. The maximum atomic E-state index is 12.8. The number of aromatic carboxylic acids is 1. The standard InChI is InChI=1S/C14H16ClF3N2O4/c1-4-5-7(14(16,17)18)19-12(22)10(21)9-6(2)8(13(23)24)11(15)20(9)3/h7H,4-5H2,1-3H3,(H,19,22)(H,23,24). The first-order valence-corrected chi connectivity index (χ1v) is 7.31. The second-order valence-corrected chi connectivity index (χ2v) is 5.55. The van der Waals surface area contributed by atoms with Gasteiger partial charge >= 0.3 is 12.1 Å². The molecule has 24 heavy (non-hydrogen) atoms. The first kappa shape index (κ1) is 20.0. The van der Waals surface area contributed by atoms with Gasteiger partial charge in [0, 0.05) is 7.05 Å². The molecular weight excluding hydrogens is 353 g/mol. The summed E-state index contributed by atoms with van der Waals surface area (Å²) < 4.78 is 39.5. The number of rotatable bonds is 6. The fourth-order valence-corrected chi connectivity index (χ4v) is 2.61. The SMILES string of the molecule is CCCC(NC(=O)C(=O)c1c(C)c(C(=O)O)c(Cl)n1C)C(F)(F)F. The predicted octanol–water partition coefficient (Wildman–Crippen LogP) is 2.72. The van der Waals surface area contributed by atoms with Gasteiger partial charge in [-0.05, 0) is 18.9 Å². The number of alkyl halides is 3. The number of carbonyl (C=O) groups is 3. The summed E-state index contributed by atoms with van der Waals surface area (Å²) >= 11 is 5.81. The lowest BCUT2D eigenvalue weighted by Crippen LogP contribution is -2.48. The summed E-state index contributed by atoms with van der Waals surface area (Å²) in [5.74, 6) is -4.16. The van der Waals surface area contributed by atoms with Gasteiger partial charge in [0.05, 0.1) is 5.69 Å². The smallest absolute Gasteiger partial charge is 0.408 e. The van der Waals surface area contributed by atoms with Crippen molar-refractivity contribution in [1.29, 1.82) is 0 Å². The lowest BCUT2D eigenvalue weighted by molar-refractivity contribution is -0.161. The number of carbonyl (C=O) groups excluding carboxylic acids is 2. The molecule has 1 amide bonds. The zero-order valence-electron chi connectivity index (χ0n) is 13.1. The van der Waals surface area contributed by atoms with Gasteiger partial charge in [-0.1, -0.05) is 24.9 Å². The number of amides is 1. The summed E-state index contributed by atoms with van der Waals surface area (Å²) in [6.45, 7) is 2.76. The molecule has 1 heterocycles. The Morgan fingerprint density at radius 1 is 1.33 bits per heavy atom. The third kappa shape index (κ3) is 3.89. The number of nitrogens with zero attached hydrogens (tertiary/aromatic N) is 1. The largest absolute Gasteiger partial charge is 0.478 e. The zero-order valence-corrected chi connectivity index (χ0v) is 13.9. The molecule has 134 valence electrons. The van der Waals surface area contributed by atoms with E-state index >= 15 is 0 Å². The number of aromatic nitrogens is 1. The van der Waals surface area contributed by atoms with Crippen molar-refractivity contribution in [3.05, 3.63) is 22.0 Å². The Hall–Kier alpha value is -2.03. The van der Waals surface area contributed by atoms with E-state index < -0.39 is 29.9 Å². The number of carboxylic acids is 1. The number of hydrogen-bond acceptors (Lipinski definition) is 3. The number of halogens is 4. The van der Waals surface area contributed by atoms with Crippen LogP contribution >= 0.6 is 11.6 Å². The molecule has 0 spiro atoms. The van der Waals surface area contributed by atoms with Crippen LogP contribution in [0.25, 0.3) is 0 Å². The van der Waals surface area contributed by atoms with Crippen molar-refractivity contribution in [2.45, 2.75) is 38.9 Å². The van der Waals surface area contributed by atoms with E-state index in [0.29, 0.717) is 0 Å². The molecule has 0 saturated carbocycles. The maximum absolute atomic E-state index is 12.8. The van der Waals surface area contributed by atoms with E-state index in [0.717, 1.165) is 4.57 Å². The molecule has 6 nitrogen and oxygen atoms in total. The molecule has 0 bridgehead atoms. The van der Waals surface area contributed by atoms with Gasteiger partial charge in [-0.25, -0.2) is 4.79 Å². The zero-order chi connectivity index (χ0) is 18.8. The summed E-state index contributed by atoms with van der Waals surface area (Å²) in [6.07, 6.45) is -4.92. The van der Waals surface area contributed by atoms with Gasteiger partial charge in [-0.15, -0.1) is 0 Å². The molecule has 0 radical (unpaired) electrons. The molecule has 1 aromatic rings. The minimum atomic E-state index is -4.70. The van der Waals surface area contributed by atoms with Crippen LogP contribution in [0, 0.1) is 6.92 Å². The van der Waals surface area contributed by atoms with Crippen molar-refractivity contribution in [2.75, 3.05) is 0 Å². The molecule has 0 aromatic carbocycles. The van der Waals surface area contributed by atoms with Crippen LogP contribution in [0.5, 0.6) is 0 Å². The summed E-state index contributed by atoms with van der Waals surface area (Å²) in [6, 6.07) is -2.16. The first-order valence-electron chi connectivity index (χ1n) is 6.93. The quantitative estimate of drug-likeness (QED) is 0.597. The molecule has 1 rings (SSSR count). The molecule has 0 aliphatic heterocycles. The fraction of sp³-hybridized carbons (Fsp3) is 0.500. The maximum Gasteiger partial charge on any atom is 0.408 e. The Bertz CT molecular complexity index is 683. The Morgan fingerprint density at radius 3 is 2.25 bits per heavy atom. The van der Waals surface area contributed by atoms with Crippen LogP contribution in [0.2, 0.25) is 5.15 Å². The summed E-state index contributed by atoms with van der Waals surface area (Å²) in [5.41, 5.74) is -0.835. The number of nitrogens with one attached hydrogen (secondary N) is 1. The Labute approximate surface area is 140 Å². The monoisotopic (exact) mass is 368 g/mol. The third-order valence-corrected chi connectivity index (χ3v) is 3.92. The van der Waals surface area contributed by atoms with Crippen LogP contribution in [0.15, 0.2) is 0 Å². The van der Waals surface area contributed by atoms with Crippen molar-refractivity contribution in [3.8, 4) is 0 Å². The average molecular weight is 369 g/mol. The highest BCUT2D eigenvalue weighted by Crippen LogP contribution is 2.27. The molecule has 0 aliphatic carbocycles. The minimum absolute atomic E-state index is 0.0887. The molecule has 2 N–H and O–H groups in total. The molecule has 0 aliphatic rings. The van der Waals surface area contributed by atoms with Crippen LogP contribution < -0.4 is 5.32 Å². The van der Waals surface area contributed by atoms with Gasteiger partial charge in [0.1, 0.15) is 16.8 Å². The molecule has 10 heteroatoms. The summed E-state index contributed by atoms with van der Waals surface area (Å²) in [4.78, 5) is 35.2. The van der Waals surface area contributed by atoms with Crippen molar-refractivity contribution >= 4 is 29.3 Å². The molecule has 0 fully saturated rings. The normalized spacial score (nSPS) is 12.8. The van der Waals surface area contributed by atoms with Crippen LogP contribution in [0.1, 0.15) is 46.2 Å². The van der Waals surface area contributed by atoms with Crippen molar-refractivity contribution in [2.24, 2.45) is 7.05 Å². The van der Waals surface area contributed by atoms with Crippen LogP contribution in [-0.2, 0) is 11.8 Å². The third-order valence-electron chi connectivity index (χ3n) is 3.48. The van der Waals surface area contributed by atoms with Crippen molar-refractivity contribution in [3.63, 3.8) is 0 Å². The lowest BCUT2D eigenvalue weighted by Gasteiger charge is -2.20. The van der Waals surface area contributed by atoms with Gasteiger partial charge in [-0.2, -0.15) is 13.2 Å². The average Bonchev–Trinajstić information content (AvgIpc) is 2.66. The van der Waals surface area contributed by atoms with Gasteiger partial charge < -0.3 is 15.0 Å². The van der Waals surface area contributed by atoms with E-state index in [2.05, 4.69) is 0 Å². The number of ketones is 1. The summed E-state index contributed by atoms with van der Waals surface area (Å²) in [7, 11) is 1.25. The van der Waals surface area contributed by atoms with E-state index in [1.807, 2.05) is 0 Å². The highest BCUT2D eigenvalue weighted by Gasteiger charge is 2.41. The minimum Gasteiger partial charge on any atom is -0.478 e. The molecular formula is C14H16ClF3N2O4. The Kier molecular flexibility index (Phi) is 6.04. The van der Waals surface area contributed by atoms with Crippen molar-refractivity contribution < 1.29 is 32.7 Å². The topological polar surface area (TPSA) is 88.4 Å². The van der Waals surface area contributed by atoms with E-state index in [1.165, 1.54) is 20.9 Å². The summed E-state index contributed by atoms with van der Waals surface area (Å²) in [5, 5.41) is 10.4. The fourth-order valence-electron chi connectivity index (χ4n) is 2.30. The van der Waals surface area contributed by atoms with Crippen LogP contribution in [-0.4, -0.2) is 39.6 Å². The highest BCUT2D eigenvalue weighted by molar-refractivity contribution is 6.44. The molecule has 1 atom stereocenters. The van der Waals surface area contributed by atoms with E-state index in [1.54, 1.807) is 5.32 Å². The number of carboxylic acid groups (broad SMARTS) is 1. The van der Waals surface area contributed by atoms with Crippen LogP contribution in [0.3, 0.4) is 0 Å². The van der Waals surface area contributed by atoms with Gasteiger partial charge in [0.2, 0.25) is 0 Å². The molecule has 0 saturated heterocycles.